The molecule has 0 radical (unpaired) electrons. The third-order valence-electron chi connectivity index (χ3n) is 10.7. The molecule has 0 aliphatic heterocycles. The number of rotatable bonds is 5. The highest BCUT2D eigenvalue weighted by Crippen LogP contribution is 2.68. The molecule has 8 atom stereocenters. The van der Waals surface area contributed by atoms with Crippen LogP contribution in [0.3, 0.4) is 0 Å². The van der Waals surface area contributed by atoms with Gasteiger partial charge in [-0.3, -0.25) is 4.79 Å². The van der Waals surface area contributed by atoms with Gasteiger partial charge < -0.3 is 5.11 Å². The van der Waals surface area contributed by atoms with Crippen LogP contribution in [0.2, 0.25) is 0 Å². The lowest BCUT2D eigenvalue weighted by atomic mass is 9.44. The van der Waals surface area contributed by atoms with Gasteiger partial charge in [-0.15, -0.1) is 0 Å². The topological polar surface area (TPSA) is 37.3 Å². The number of carbonyl (C=O) groups excluding carboxylic acids is 1. The van der Waals surface area contributed by atoms with Gasteiger partial charge in [-0.25, -0.2) is 0 Å². The van der Waals surface area contributed by atoms with Crippen LogP contribution in [0.5, 0.6) is 0 Å². The molecule has 8 unspecified atom stereocenters. The number of aliphatic hydroxyl groups is 1. The van der Waals surface area contributed by atoms with Crippen LogP contribution < -0.4 is 0 Å². The molecule has 2 nitrogen and oxygen atoms in total. The first-order valence-electron chi connectivity index (χ1n) is 12.8. The molecule has 1 N–H and O–H groups in total. The van der Waals surface area contributed by atoms with Gasteiger partial charge in [-0.05, 0) is 105 Å². The summed E-state index contributed by atoms with van der Waals surface area (Å²) < 4.78 is 0. The van der Waals surface area contributed by atoms with Gasteiger partial charge in [0.15, 0.2) is 0 Å². The van der Waals surface area contributed by atoms with Crippen molar-refractivity contribution in [3.05, 3.63) is 0 Å². The smallest absolute Gasteiger partial charge is 0.133 e. The van der Waals surface area contributed by atoms with E-state index in [9.17, 15) is 9.90 Å². The number of Topliss-reactive ketones (excluding diaryl/α,β-unsaturated/α-hetero) is 1. The molecule has 0 saturated heterocycles. The molecule has 0 amide bonds. The van der Waals surface area contributed by atoms with Crippen molar-refractivity contribution in [1.82, 2.24) is 0 Å². The molecule has 4 aliphatic carbocycles. The van der Waals surface area contributed by atoms with Crippen molar-refractivity contribution < 1.29 is 9.90 Å². The second-order valence-corrected chi connectivity index (χ2v) is 12.7. The van der Waals surface area contributed by atoms with E-state index < -0.39 is 5.60 Å². The maximum absolute atomic E-state index is 12.1. The van der Waals surface area contributed by atoms with Gasteiger partial charge in [0, 0.05) is 12.8 Å². The second kappa shape index (κ2) is 7.64. The summed E-state index contributed by atoms with van der Waals surface area (Å²) in [6.45, 7) is 11.8. The summed E-state index contributed by atoms with van der Waals surface area (Å²) in [6.07, 6.45) is 13.9. The van der Waals surface area contributed by atoms with E-state index >= 15 is 0 Å². The quantitative estimate of drug-likeness (QED) is 0.549. The third kappa shape index (κ3) is 3.64. The van der Waals surface area contributed by atoms with Gasteiger partial charge in [0.05, 0.1) is 5.60 Å². The number of hydrogen-bond acceptors (Lipinski definition) is 2. The SMILES string of the molecule is CC(C)CCCC(C)(O)C1CCC2C3CCC4CC(=O)CCC4(C)C3CCC21C. The Labute approximate surface area is 179 Å². The fraction of sp³-hybridized carbons (Fsp3) is 0.963. The zero-order valence-electron chi connectivity index (χ0n) is 19.8. The average molecular weight is 403 g/mol. The molecule has 4 fully saturated rings. The fourth-order valence-electron chi connectivity index (χ4n) is 9.11. The van der Waals surface area contributed by atoms with Crippen LogP contribution in [0.1, 0.15) is 112 Å². The summed E-state index contributed by atoms with van der Waals surface area (Å²) in [6, 6.07) is 0. The maximum atomic E-state index is 12.1. The van der Waals surface area contributed by atoms with Crippen molar-refractivity contribution in [2.24, 2.45) is 46.3 Å². The monoisotopic (exact) mass is 402 g/mol. The minimum absolute atomic E-state index is 0.316. The van der Waals surface area contributed by atoms with Gasteiger partial charge in [0.2, 0.25) is 0 Å². The minimum atomic E-state index is -0.510. The summed E-state index contributed by atoms with van der Waals surface area (Å²) in [5.41, 5.74) is 0.204. The summed E-state index contributed by atoms with van der Waals surface area (Å²) in [5, 5.41) is 11.6. The standard InChI is InChI=1S/C27H46O2/c1-18(2)7-6-14-27(5,29)24-11-10-22-21-9-8-19-17-20(28)12-15-25(19,3)23(21)13-16-26(22,24)4/h18-19,21-24,29H,6-17H2,1-5H3. The molecule has 166 valence electrons. The minimum Gasteiger partial charge on any atom is -0.390 e. The van der Waals surface area contributed by atoms with E-state index in [1.54, 1.807) is 0 Å². The van der Waals surface area contributed by atoms with Crippen LogP contribution in [0.15, 0.2) is 0 Å². The highest BCUT2D eigenvalue weighted by Gasteiger charge is 2.62. The Kier molecular flexibility index (Phi) is 5.76. The Morgan fingerprint density at radius 1 is 1.03 bits per heavy atom. The Bertz CT molecular complexity index is 622. The predicted octanol–water partition coefficient (Wildman–Crippen LogP) is 6.79. The van der Waals surface area contributed by atoms with Crippen LogP contribution >= 0.6 is 0 Å². The Morgan fingerprint density at radius 2 is 1.76 bits per heavy atom. The number of carbonyl (C=O) groups is 1. The summed E-state index contributed by atoms with van der Waals surface area (Å²) in [5.74, 6) is 4.80. The first-order valence-corrected chi connectivity index (χ1v) is 12.8. The van der Waals surface area contributed by atoms with Gasteiger partial charge in [0.1, 0.15) is 5.78 Å². The van der Waals surface area contributed by atoms with E-state index in [0.29, 0.717) is 28.4 Å². The molecular weight excluding hydrogens is 356 g/mol. The van der Waals surface area contributed by atoms with Crippen LogP contribution in [0.4, 0.5) is 0 Å². The second-order valence-electron chi connectivity index (χ2n) is 12.7. The van der Waals surface area contributed by atoms with Crippen molar-refractivity contribution in [2.45, 2.75) is 117 Å². The van der Waals surface area contributed by atoms with Crippen molar-refractivity contribution in [1.29, 1.82) is 0 Å². The van der Waals surface area contributed by atoms with Crippen LogP contribution in [-0.4, -0.2) is 16.5 Å². The largest absolute Gasteiger partial charge is 0.390 e. The first kappa shape index (κ1) is 21.8. The molecule has 2 heteroatoms. The van der Waals surface area contributed by atoms with E-state index in [1.807, 2.05) is 0 Å². The average Bonchev–Trinajstić information content (AvgIpc) is 3.00. The Balaban J connectivity index is 1.50. The number of hydrogen-bond donors (Lipinski definition) is 1. The number of fused-ring (bicyclic) bond motifs is 5. The first-order chi connectivity index (χ1) is 13.6. The lowest BCUT2D eigenvalue weighted by molar-refractivity contribution is -0.147. The molecule has 0 bridgehead atoms. The molecule has 4 aliphatic rings. The van der Waals surface area contributed by atoms with Crippen molar-refractivity contribution in [3.63, 3.8) is 0 Å². The molecule has 0 heterocycles. The Hall–Kier alpha value is -0.370. The number of ketones is 1. The third-order valence-corrected chi connectivity index (χ3v) is 10.7. The summed E-state index contributed by atoms with van der Waals surface area (Å²) in [7, 11) is 0. The lowest BCUT2D eigenvalue weighted by Crippen LogP contribution is -2.55. The molecule has 0 aromatic rings. The lowest BCUT2D eigenvalue weighted by Gasteiger charge is -2.61. The molecule has 4 rings (SSSR count). The highest BCUT2D eigenvalue weighted by atomic mass is 16.3. The van der Waals surface area contributed by atoms with Gasteiger partial charge >= 0.3 is 0 Å². The van der Waals surface area contributed by atoms with E-state index in [0.717, 1.165) is 55.8 Å². The highest BCUT2D eigenvalue weighted by molar-refractivity contribution is 5.79. The fourth-order valence-corrected chi connectivity index (χ4v) is 9.11. The molecule has 29 heavy (non-hydrogen) atoms. The van der Waals surface area contributed by atoms with Crippen LogP contribution in [0.25, 0.3) is 0 Å². The van der Waals surface area contributed by atoms with Gasteiger partial charge in [0.25, 0.3) is 0 Å². The van der Waals surface area contributed by atoms with E-state index in [4.69, 9.17) is 0 Å². The molecule has 0 aromatic heterocycles. The maximum Gasteiger partial charge on any atom is 0.133 e. The van der Waals surface area contributed by atoms with Crippen molar-refractivity contribution in [3.8, 4) is 0 Å². The Morgan fingerprint density at radius 3 is 2.48 bits per heavy atom. The normalized spacial score (nSPS) is 46.7. The molecule has 0 spiro atoms. The van der Waals surface area contributed by atoms with Crippen LogP contribution in [0, 0.1) is 46.3 Å². The van der Waals surface area contributed by atoms with E-state index in [1.165, 1.54) is 44.9 Å². The predicted molar refractivity (Wildman–Crippen MR) is 120 cm³/mol. The van der Waals surface area contributed by atoms with Gasteiger partial charge in [-0.1, -0.05) is 40.5 Å². The zero-order valence-corrected chi connectivity index (χ0v) is 19.8. The summed E-state index contributed by atoms with van der Waals surface area (Å²) in [4.78, 5) is 12.1. The summed E-state index contributed by atoms with van der Waals surface area (Å²) >= 11 is 0. The molecular formula is C27H46O2. The van der Waals surface area contributed by atoms with E-state index in [2.05, 4.69) is 34.6 Å². The molecule has 0 aromatic carbocycles. The zero-order chi connectivity index (χ0) is 21.0. The van der Waals surface area contributed by atoms with Crippen LogP contribution in [-0.2, 0) is 4.79 Å². The van der Waals surface area contributed by atoms with Crippen molar-refractivity contribution in [2.75, 3.05) is 0 Å². The van der Waals surface area contributed by atoms with Gasteiger partial charge in [-0.2, -0.15) is 0 Å². The van der Waals surface area contributed by atoms with E-state index in [-0.39, 0.29) is 0 Å². The molecule has 4 saturated carbocycles. The van der Waals surface area contributed by atoms with Crippen molar-refractivity contribution >= 4 is 5.78 Å².